The summed E-state index contributed by atoms with van der Waals surface area (Å²) in [6, 6.07) is 14.5. The second kappa shape index (κ2) is 7.51. The predicted octanol–water partition coefficient (Wildman–Crippen LogP) is 4.56. The predicted molar refractivity (Wildman–Crippen MR) is 113 cm³/mol. The van der Waals surface area contributed by atoms with Crippen molar-refractivity contribution < 1.29 is 4.39 Å². The number of hydrogen-bond donors (Lipinski definition) is 0. The van der Waals surface area contributed by atoms with Crippen LogP contribution in [0.4, 0.5) is 4.39 Å². The Bertz CT molecular complexity index is 1320. The van der Waals surface area contributed by atoms with Crippen molar-refractivity contribution in [2.75, 3.05) is 0 Å². The number of rotatable bonds is 5. The van der Waals surface area contributed by atoms with Gasteiger partial charge >= 0.3 is 0 Å². The summed E-state index contributed by atoms with van der Waals surface area (Å²) < 4.78 is 18.4. The smallest absolute Gasteiger partial charge is 0.195 e. The van der Waals surface area contributed by atoms with Crippen LogP contribution in [-0.2, 0) is 13.1 Å². The highest BCUT2D eigenvalue weighted by Gasteiger charge is 2.15. The van der Waals surface area contributed by atoms with Crippen molar-refractivity contribution >= 4 is 11.0 Å². The molecule has 0 bridgehead atoms. The maximum atomic E-state index is 14.3. The summed E-state index contributed by atoms with van der Waals surface area (Å²) in [4.78, 5) is 17.9. The van der Waals surface area contributed by atoms with E-state index in [0.29, 0.717) is 23.8 Å². The Labute approximate surface area is 172 Å². The van der Waals surface area contributed by atoms with Crippen LogP contribution in [0.1, 0.15) is 12.7 Å². The van der Waals surface area contributed by atoms with E-state index in [-0.39, 0.29) is 5.82 Å². The number of fused-ring (bicyclic) bond motifs is 1. The summed E-state index contributed by atoms with van der Waals surface area (Å²) in [7, 11) is 0. The van der Waals surface area contributed by atoms with E-state index in [4.69, 9.17) is 4.98 Å². The highest BCUT2D eigenvalue weighted by molar-refractivity contribution is 5.83. The molecule has 0 N–H and O–H groups in total. The second-order valence-corrected chi connectivity index (χ2v) is 6.91. The number of aromatic nitrogens is 6. The molecular formula is C23H19FN6. The van der Waals surface area contributed by atoms with Crippen molar-refractivity contribution in [3.05, 3.63) is 85.0 Å². The van der Waals surface area contributed by atoms with Crippen molar-refractivity contribution in [2.45, 2.75) is 20.0 Å². The largest absolute Gasteiger partial charge is 0.327 e. The van der Waals surface area contributed by atoms with Crippen LogP contribution in [0.2, 0.25) is 0 Å². The van der Waals surface area contributed by atoms with Crippen molar-refractivity contribution in [1.82, 2.24) is 29.1 Å². The van der Waals surface area contributed by atoms with Crippen LogP contribution in [0.15, 0.2) is 73.3 Å². The van der Waals surface area contributed by atoms with Crippen LogP contribution in [-0.4, -0.2) is 29.1 Å². The Morgan fingerprint density at radius 2 is 1.77 bits per heavy atom. The number of benzene rings is 2. The standard InChI is InChI=1S/C23H19FN6/c1-2-30-20-14-16(17-6-3-4-7-18(17)24)8-9-19(20)28-21(30)15-29-13-12-27-23(29)22-25-10-5-11-26-22/h3-14H,2,15H2,1H3. The molecule has 7 heteroatoms. The third kappa shape index (κ3) is 3.14. The minimum absolute atomic E-state index is 0.231. The molecule has 0 aliphatic heterocycles. The van der Waals surface area contributed by atoms with Gasteiger partial charge in [-0.25, -0.2) is 24.3 Å². The number of hydrogen-bond acceptors (Lipinski definition) is 4. The molecule has 0 spiro atoms. The Kier molecular flexibility index (Phi) is 4.55. The fourth-order valence-corrected chi connectivity index (χ4v) is 3.72. The summed E-state index contributed by atoms with van der Waals surface area (Å²) in [6.45, 7) is 3.36. The van der Waals surface area contributed by atoms with Gasteiger partial charge in [0.2, 0.25) is 0 Å². The van der Waals surface area contributed by atoms with E-state index in [0.717, 1.165) is 29.0 Å². The molecule has 0 aliphatic rings. The Balaban J connectivity index is 1.57. The third-order valence-corrected chi connectivity index (χ3v) is 5.12. The Morgan fingerprint density at radius 1 is 0.933 bits per heavy atom. The van der Waals surface area contributed by atoms with Gasteiger partial charge in [0.05, 0.1) is 17.6 Å². The molecule has 0 saturated heterocycles. The first kappa shape index (κ1) is 18.2. The van der Waals surface area contributed by atoms with Crippen molar-refractivity contribution in [3.63, 3.8) is 0 Å². The molecule has 30 heavy (non-hydrogen) atoms. The van der Waals surface area contributed by atoms with Gasteiger partial charge in [-0.15, -0.1) is 0 Å². The van der Waals surface area contributed by atoms with E-state index in [9.17, 15) is 4.39 Å². The highest BCUT2D eigenvalue weighted by Crippen LogP contribution is 2.27. The van der Waals surface area contributed by atoms with Gasteiger partial charge in [-0.2, -0.15) is 0 Å². The Morgan fingerprint density at radius 3 is 2.57 bits per heavy atom. The van der Waals surface area contributed by atoms with E-state index in [1.807, 2.05) is 35.0 Å². The SMILES string of the molecule is CCn1c(Cn2ccnc2-c2ncccn2)nc2ccc(-c3ccccc3F)cc21. The maximum Gasteiger partial charge on any atom is 0.195 e. The molecule has 0 aliphatic carbocycles. The average molecular weight is 398 g/mol. The van der Waals surface area contributed by atoms with Gasteiger partial charge in [-0.3, -0.25) is 0 Å². The van der Waals surface area contributed by atoms with Crippen molar-refractivity contribution in [3.8, 4) is 22.8 Å². The molecule has 0 unspecified atom stereocenters. The minimum atomic E-state index is -0.231. The summed E-state index contributed by atoms with van der Waals surface area (Å²) in [5.74, 6) is 1.93. The van der Waals surface area contributed by atoms with Crippen molar-refractivity contribution in [1.29, 1.82) is 0 Å². The van der Waals surface area contributed by atoms with Gasteiger partial charge < -0.3 is 9.13 Å². The summed E-state index contributed by atoms with van der Waals surface area (Å²) in [5.41, 5.74) is 3.28. The van der Waals surface area contributed by atoms with E-state index >= 15 is 0 Å². The molecule has 0 fully saturated rings. The van der Waals surface area contributed by atoms with Crippen LogP contribution in [0.3, 0.4) is 0 Å². The molecular weight excluding hydrogens is 379 g/mol. The zero-order chi connectivity index (χ0) is 20.5. The lowest BCUT2D eigenvalue weighted by Gasteiger charge is -2.10. The second-order valence-electron chi connectivity index (χ2n) is 6.91. The van der Waals surface area contributed by atoms with Crippen LogP contribution in [0.5, 0.6) is 0 Å². The molecule has 0 atom stereocenters. The summed E-state index contributed by atoms with van der Waals surface area (Å²) in [6.07, 6.45) is 7.04. The van der Waals surface area contributed by atoms with Gasteiger partial charge in [0.1, 0.15) is 11.6 Å². The topological polar surface area (TPSA) is 61.4 Å². The van der Waals surface area contributed by atoms with E-state index in [2.05, 4.69) is 26.4 Å². The molecule has 5 rings (SSSR count). The molecule has 0 amide bonds. The number of nitrogens with zero attached hydrogens (tertiary/aromatic N) is 6. The molecule has 5 aromatic rings. The van der Waals surface area contributed by atoms with Gasteiger partial charge in [0.15, 0.2) is 11.6 Å². The monoisotopic (exact) mass is 398 g/mol. The molecule has 148 valence electrons. The van der Waals surface area contributed by atoms with E-state index < -0.39 is 0 Å². The number of halogens is 1. The van der Waals surface area contributed by atoms with E-state index in [1.165, 1.54) is 6.07 Å². The fraction of sp³-hybridized carbons (Fsp3) is 0.130. The van der Waals surface area contributed by atoms with Gasteiger partial charge in [-0.05, 0) is 36.8 Å². The zero-order valence-electron chi connectivity index (χ0n) is 16.4. The molecule has 6 nitrogen and oxygen atoms in total. The molecule has 2 aromatic carbocycles. The lowest BCUT2D eigenvalue weighted by Crippen LogP contribution is -2.09. The third-order valence-electron chi connectivity index (χ3n) is 5.12. The maximum absolute atomic E-state index is 14.3. The number of imidazole rings is 2. The summed E-state index contributed by atoms with van der Waals surface area (Å²) in [5, 5.41) is 0. The van der Waals surface area contributed by atoms with Crippen LogP contribution in [0.25, 0.3) is 33.8 Å². The van der Waals surface area contributed by atoms with Crippen LogP contribution >= 0.6 is 0 Å². The Hall–Kier alpha value is -3.87. The lowest BCUT2D eigenvalue weighted by molar-refractivity contribution is 0.631. The number of aryl methyl sites for hydroxylation is 1. The molecule has 3 aromatic heterocycles. The average Bonchev–Trinajstić information content (AvgIpc) is 3.38. The van der Waals surface area contributed by atoms with Crippen LogP contribution in [0, 0.1) is 5.82 Å². The first-order valence-corrected chi connectivity index (χ1v) is 9.77. The van der Waals surface area contributed by atoms with Crippen LogP contribution < -0.4 is 0 Å². The molecule has 0 radical (unpaired) electrons. The summed E-state index contributed by atoms with van der Waals surface area (Å²) >= 11 is 0. The highest BCUT2D eigenvalue weighted by atomic mass is 19.1. The zero-order valence-corrected chi connectivity index (χ0v) is 16.4. The minimum Gasteiger partial charge on any atom is -0.327 e. The van der Waals surface area contributed by atoms with Crippen molar-refractivity contribution in [2.24, 2.45) is 0 Å². The van der Waals surface area contributed by atoms with Gasteiger partial charge in [0, 0.05) is 36.9 Å². The molecule has 3 heterocycles. The lowest BCUT2D eigenvalue weighted by atomic mass is 10.0. The van der Waals surface area contributed by atoms with E-state index in [1.54, 1.807) is 36.8 Å². The first-order valence-electron chi connectivity index (χ1n) is 9.77. The fourth-order valence-electron chi connectivity index (χ4n) is 3.72. The quantitative estimate of drug-likeness (QED) is 0.435. The first-order chi connectivity index (χ1) is 14.7. The molecule has 0 saturated carbocycles. The normalized spacial score (nSPS) is 11.3. The van der Waals surface area contributed by atoms with Gasteiger partial charge in [0.25, 0.3) is 0 Å². The van der Waals surface area contributed by atoms with Gasteiger partial charge in [-0.1, -0.05) is 24.3 Å².